The molecule has 4 nitrogen and oxygen atoms in total. The summed E-state index contributed by atoms with van der Waals surface area (Å²) in [5.74, 6) is -0.775. The summed E-state index contributed by atoms with van der Waals surface area (Å²) in [6, 6.07) is 8.62. The third kappa shape index (κ3) is 9.72. The lowest BCUT2D eigenvalue weighted by Gasteiger charge is -2.06. The molecule has 1 N–H and O–H groups in total. The maximum absolute atomic E-state index is 11.6. The fourth-order valence-electron chi connectivity index (χ4n) is 2.38. The van der Waals surface area contributed by atoms with Crippen molar-refractivity contribution in [2.24, 2.45) is 0 Å². The number of amides is 1. The number of nitrogens with one attached hydrogen (secondary N) is 1. The summed E-state index contributed by atoms with van der Waals surface area (Å²) < 4.78 is 0. The Morgan fingerprint density at radius 3 is 2.04 bits per heavy atom. The van der Waals surface area contributed by atoms with E-state index in [9.17, 15) is 9.59 Å². The standard InChI is InChI=1S/C19H29NO3/c1-2-3-4-5-6-7-8-9-13-16-18(21)20-23-19(22)17-14-11-10-12-15-17/h10-12,14-15H,2-9,13,16H2,1H3,(H,20,21). The number of hydrogen-bond acceptors (Lipinski definition) is 3. The van der Waals surface area contributed by atoms with Crippen LogP contribution >= 0.6 is 0 Å². The van der Waals surface area contributed by atoms with Crippen LogP contribution in [0.15, 0.2) is 30.3 Å². The highest BCUT2D eigenvalue weighted by Crippen LogP contribution is 2.10. The third-order valence-electron chi connectivity index (χ3n) is 3.77. The molecule has 0 radical (unpaired) electrons. The van der Waals surface area contributed by atoms with Gasteiger partial charge in [-0.05, 0) is 18.6 Å². The molecular weight excluding hydrogens is 290 g/mol. The summed E-state index contributed by atoms with van der Waals surface area (Å²) in [7, 11) is 0. The lowest BCUT2D eigenvalue weighted by Crippen LogP contribution is -2.26. The minimum Gasteiger partial charge on any atom is -0.335 e. The van der Waals surface area contributed by atoms with Gasteiger partial charge >= 0.3 is 5.97 Å². The Hall–Kier alpha value is -1.84. The van der Waals surface area contributed by atoms with Gasteiger partial charge in [0.1, 0.15) is 0 Å². The van der Waals surface area contributed by atoms with Crippen LogP contribution < -0.4 is 5.48 Å². The number of carbonyl (C=O) groups is 2. The summed E-state index contributed by atoms with van der Waals surface area (Å²) in [4.78, 5) is 28.0. The van der Waals surface area contributed by atoms with E-state index < -0.39 is 5.97 Å². The smallest absolute Gasteiger partial charge is 0.335 e. The summed E-state index contributed by atoms with van der Waals surface area (Å²) in [6.45, 7) is 2.22. The molecule has 128 valence electrons. The van der Waals surface area contributed by atoms with Crippen LogP contribution in [-0.2, 0) is 9.63 Å². The predicted octanol–water partition coefficient (Wildman–Crippen LogP) is 4.80. The summed E-state index contributed by atoms with van der Waals surface area (Å²) in [5, 5.41) is 0. The number of hydrogen-bond donors (Lipinski definition) is 1. The van der Waals surface area contributed by atoms with Crippen molar-refractivity contribution in [3.8, 4) is 0 Å². The normalized spacial score (nSPS) is 10.3. The van der Waals surface area contributed by atoms with Gasteiger partial charge in [0.2, 0.25) is 0 Å². The molecule has 0 atom stereocenters. The highest BCUT2D eigenvalue weighted by atomic mass is 16.7. The molecule has 0 spiro atoms. The van der Waals surface area contributed by atoms with Crippen molar-refractivity contribution < 1.29 is 14.4 Å². The van der Waals surface area contributed by atoms with Crippen molar-refractivity contribution in [1.29, 1.82) is 0 Å². The maximum Gasteiger partial charge on any atom is 0.362 e. The Bertz CT molecular complexity index is 445. The molecule has 0 heterocycles. The Labute approximate surface area is 139 Å². The summed E-state index contributed by atoms with van der Waals surface area (Å²) >= 11 is 0. The van der Waals surface area contributed by atoms with Gasteiger partial charge in [0.25, 0.3) is 5.91 Å². The molecule has 23 heavy (non-hydrogen) atoms. The van der Waals surface area contributed by atoms with Crippen molar-refractivity contribution in [3.63, 3.8) is 0 Å². The average molecular weight is 319 g/mol. The van der Waals surface area contributed by atoms with E-state index in [1.165, 1.54) is 44.9 Å². The van der Waals surface area contributed by atoms with Crippen LogP contribution in [0.4, 0.5) is 0 Å². The van der Waals surface area contributed by atoms with Gasteiger partial charge in [-0.3, -0.25) is 4.79 Å². The van der Waals surface area contributed by atoms with Crippen molar-refractivity contribution in [2.45, 2.75) is 71.1 Å². The van der Waals surface area contributed by atoms with Crippen LogP contribution in [0.5, 0.6) is 0 Å². The first-order chi connectivity index (χ1) is 11.2. The number of benzene rings is 1. The molecule has 0 saturated heterocycles. The zero-order valence-corrected chi connectivity index (χ0v) is 14.2. The van der Waals surface area contributed by atoms with Crippen molar-refractivity contribution in [1.82, 2.24) is 5.48 Å². The zero-order valence-electron chi connectivity index (χ0n) is 14.2. The maximum atomic E-state index is 11.6. The lowest BCUT2D eigenvalue weighted by molar-refractivity contribution is -0.130. The number of rotatable bonds is 11. The Kier molecular flexibility index (Phi) is 10.6. The molecule has 1 aromatic rings. The minimum atomic E-state index is -0.536. The molecule has 0 fully saturated rings. The fourth-order valence-corrected chi connectivity index (χ4v) is 2.38. The van der Waals surface area contributed by atoms with Gasteiger partial charge in [0, 0.05) is 6.42 Å². The van der Waals surface area contributed by atoms with E-state index in [1.807, 2.05) is 6.07 Å². The van der Waals surface area contributed by atoms with E-state index in [0.717, 1.165) is 12.8 Å². The summed E-state index contributed by atoms with van der Waals surface area (Å²) in [6.07, 6.45) is 11.3. The van der Waals surface area contributed by atoms with Crippen LogP contribution in [0.1, 0.15) is 81.5 Å². The van der Waals surface area contributed by atoms with Gasteiger partial charge < -0.3 is 4.84 Å². The zero-order chi connectivity index (χ0) is 16.8. The quantitative estimate of drug-likeness (QED) is 0.471. The average Bonchev–Trinajstić information content (AvgIpc) is 2.59. The van der Waals surface area contributed by atoms with E-state index in [1.54, 1.807) is 24.3 Å². The van der Waals surface area contributed by atoms with Gasteiger partial charge in [0.05, 0.1) is 5.56 Å². The largest absolute Gasteiger partial charge is 0.362 e. The number of hydroxylamine groups is 1. The molecule has 1 rings (SSSR count). The second-order valence-corrected chi connectivity index (χ2v) is 5.86. The Morgan fingerprint density at radius 1 is 0.870 bits per heavy atom. The first-order valence-electron chi connectivity index (χ1n) is 8.79. The molecule has 0 saturated carbocycles. The molecule has 0 unspecified atom stereocenters. The molecule has 0 aliphatic rings. The molecule has 0 aliphatic carbocycles. The number of unbranched alkanes of at least 4 members (excludes halogenated alkanes) is 8. The number of carbonyl (C=O) groups excluding carboxylic acids is 2. The van der Waals surface area contributed by atoms with Crippen LogP contribution in [0.25, 0.3) is 0 Å². The first-order valence-corrected chi connectivity index (χ1v) is 8.79. The second-order valence-electron chi connectivity index (χ2n) is 5.86. The molecular formula is C19H29NO3. The highest BCUT2D eigenvalue weighted by molar-refractivity contribution is 5.90. The Morgan fingerprint density at radius 2 is 1.43 bits per heavy atom. The molecule has 1 amide bonds. The summed E-state index contributed by atoms with van der Waals surface area (Å²) in [5.41, 5.74) is 2.64. The van der Waals surface area contributed by atoms with E-state index in [2.05, 4.69) is 12.4 Å². The van der Waals surface area contributed by atoms with Crippen molar-refractivity contribution >= 4 is 11.9 Å². The van der Waals surface area contributed by atoms with Crippen LogP contribution in [0.3, 0.4) is 0 Å². The van der Waals surface area contributed by atoms with E-state index in [-0.39, 0.29) is 5.91 Å². The van der Waals surface area contributed by atoms with Crippen LogP contribution in [-0.4, -0.2) is 11.9 Å². The van der Waals surface area contributed by atoms with Crippen molar-refractivity contribution in [3.05, 3.63) is 35.9 Å². The van der Waals surface area contributed by atoms with Crippen LogP contribution in [0.2, 0.25) is 0 Å². The van der Waals surface area contributed by atoms with Gasteiger partial charge in [0.15, 0.2) is 0 Å². The molecule has 1 aromatic carbocycles. The third-order valence-corrected chi connectivity index (χ3v) is 3.77. The molecule has 4 heteroatoms. The highest BCUT2D eigenvalue weighted by Gasteiger charge is 2.08. The molecule has 0 aromatic heterocycles. The Balaban J connectivity index is 1.97. The van der Waals surface area contributed by atoms with E-state index in [0.29, 0.717) is 12.0 Å². The van der Waals surface area contributed by atoms with E-state index >= 15 is 0 Å². The lowest BCUT2D eigenvalue weighted by atomic mass is 10.1. The van der Waals surface area contributed by atoms with Gasteiger partial charge in [-0.25, -0.2) is 4.79 Å². The van der Waals surface area contributed by atoms with Gasteiger partial charge in [-0.2, -0.15) is 5.48 Å². The first kappa shape index (κ1) is 19.2. The monoisotopic (exact) mass is 319 g/mol. The fraction of sp³-hybridized carbons (Fsp3) is 0.579. The van der Waals surface area contributed by atoms with Crippen molar-refractivity contribution in [2.75, 3.05) is 0 Å². The predicted molar refractivity (Wildman–Crippen MR) is 91.8 cm³/mol. The van der Waals surface area contributed by atoms with E-state index in [4.69, 9.17) is 4.84 Å². The second kappa shape index (κ2) is 12.7. The molecule has 0 aliphatic heterocycles. The van der Waals surface area contributed by atoms with Gasteiger partial charge in [-0.1, -0.05) is 76.5 Å². The van der Waals surface area contributed by atoms with Crippen LogP contribution in [0, 0.1) is 0 Å². The molecule has 0 bridgehead atoms. The minimum absolute atomic E-state index is 0.239. The van der Waals surface area contributed by atoms with Gasteiger partial charge in [-0.15, -0.1) is 0 Å². The topological polar surface area (TPSA) is 55.4 Å². The SMILES string of the molecule is CCCCCCCCCCCC(=O)NOC(=O)c1ccccc1.